The third-order valence-electron chi connectivity index (χ3n) is 3.64. The van der Waals surface area contributed by atoms with Gasteiger partial charge in [0.1, 0.15) is 16.2 Å². The molecule has 7 nitrogen and oxygen atoms in total. The van der Waals surface area contributed by atoms with E-state index in [0.29, 0.717) is 21.3 Å². The third kappa shape index (κ3) is 3.31. The first kappa shape index (κ1) is 17.7. The number of nitrogens with zero attached hydrogens (tertiary/aromatic N) is 1. The number of carbonyl (C=O) groups is 2. The van der Waals surface area contributed by atoms with E-state index in [1.54, 1.807) is 13.0 Å². The summed E-state index contributed by atoms with van der Waals surface area (Å²) >= 11 is 1.18. The number of aryl methyl sites for hydroxylation is 2. The van der Waals surface area contributed by atoms with E-state index in [4.69, 9.17) is 4.42 Å². The fraction of sp³-hybridized carbons (Fsp3) is 0.167. The highest BCUT2D eigenvalue weighted by Crippen LogP contribution is 2.32. The van der Waals surface area contributed by atoms with Gasteiger partial charge in [0.15, 0.2) is 16.5 Å². The van der Waals surface area contributed by atoms with Crippen LogP contribution in [-0.2, 0) is 4.74 Å². The van der Waals surface area contributed by atoms with Gasteiger partial charge in [-0.05, 0) is 38.1 Å². The molecular formula is C18H16N2O5S. The lowest BCUT2D eigenvalue weighted by molar-refractivity contribution is 0.0597. The maximum Gasteiger partial charge on any atom is 0.341 e. The molecule has 3 aromatic rings. The van der Waals surface area contributed by atoms with Gasteiger partial charge in [-0.2, -0.15) is 0 Å². The number of methoxy groups -OCH3 is 1. The average molecular weight is 372 g/mol. The minimum atomic E-state index is -0.692. The lowest BCUT2D eigenvalue weighted by Gasteiger charge is -2.09. The Bertz CT molecular complexity index is 989. The molecule has 1 amide bonds. The molecule has 8 heteroatoms. The largest absolute Gasteiger partial charge is 0.505 e. The molecule has 0 bridgehead atoms. The number of para-hydroxylation sites is 1. The van der Waals surface area contributed by atoms with E-state index in [-0.39, 0.29) is 17.0 Å². The van der Waals surface area contributed by atoms with Crippen LogP contribution in [0.15, 0.2) is 34.7 Å². The number of phenols is 1. The van der Waals surface area contributed by atoms with Crippen molar-refractivity contribution in [1.29, 1.82) is 0 Å². The molecule has 26 heavy (non-hydrogen) atoms. The second-order valence-electron chi connectivity index (χ2n) is 5.49. The molecule has 2 aromatic heterocycles. The van der Waals surface area contributed by atoms with Gasteiger partial charge in [-0.3, -0.25) is 4.79 Å². The van der Waals surface area contributed by atoms with Gasteiger partial charge < -0.3 is 19.6 Å². The second kappa shape index (κ2) is 7.01. The van der Waals surface area contributed by atoms with Crippen LogP contribution in [0.1, 0.15) is 31.5 Å². The summed E-state index contributed by atoms with van der Waals surface area (Å²) in [5.74, 6) is -0.139. The normalized spacial score (nSPS) is 10.6. The Kier molecular flexibility index (Phi) is 4.77. The Balaban J connectivity index is 1.87. The van der Waals surface area contributed by atoms with Crippen LogP contribution in [0.3, 0.4) is 0 Å². The molecule has 0 spiro atoms. The Labute approximate surface area is 153 Å². The summed E-state index contributed by atoms with van der Waals surface area (Å²) in [6, 6.07) is 8.06. The number of benzene rings is 1. The molecule has 0 radical (unpaired) electrons. The number of hydrogen-bond acceptors (Lipinski definition) is 7. The van der Waals surface area contributed by atoms with Crippen molar-refractivity contribution in [2.75, 3.05) is 12.4 Å². The zero-order valence-corrected chi connectivity index (χ0v) is 15.1. The van der Waals surface area contributed by atoms with Crippen LogP contribution in [0.25, 0.3) is 10.8 Å². The van der Waals surface area contributed by atoms with E-state index in [1.807, 2.05) is 13.0 Å². The Morgan fingerprint density at radius 1 is 1.23 bits per heavy atom. The van der Waals surface area contributed by atoms with Crippen molar-refractivity contribution < 1.29 is 23.8 Å². The minimum Gasteiger partial charge on any atom is -0.505 e. The predicted molar refractivity (Wildman–Crippen MR) is 96.7 cm³/mol. The quantitative estimate of drug-likeness (QED) is 0.534. The second-order valence-corrected chi connectivity index (χ2v) is 6.49. The molecule has 0 aliphatic carbocycles. The standard InChI is InChI=1S/C18H16N2O5S/c1-9-7-8-13(25-9)17-19-10(2)15(26-17)16(22)20-12-6-4-5-11(14(12)21)18(23)24-3/h4-8,21H,1-3H3,(H,20,22). The SMILES string of the molecule is COC(=O)c1cccc(NC(=O)c2sc(-c3ccc(C)o3)nc2C)c1O. The molecule has 1 aromatic carbocycles. The van der Waals surface area contributed by atoms with Gasteiger partial charge in [-0.15, -0.1) is 11.3 Å². The van der Waals surface area contributed by atoms with Crippen LogP contribution in [0.5, 0.6) is 5.75 Å². The topological polar surface area (TPSA) is 102 Å². The molecule has 0 saturated heterocycles. The maximum atomic E-state index is 12.6. The molecule has 134 valence electrons. The Hall–Kier alpha value is -3.13. The van der Waals surface area contributed by atoms with Gasteiger partial charge in [-0.1, -0.05) is 6.07 Å². The fourth-order valence-corrected chi connectivity index (χ4v) is 3.28. The molecule has 0 aliphatic rings. The summed E-state index contributed by atoms with van der Waals surface area (Å²) in [6.07, 6.45) is 0. The van der Waals surface area contributed by atoms with E-state index < -0.39 is 11.9 Å². The highest BCUT2D eigenvalue weighted by atomic mass is 32.1. The first-order valence-electron chi connectivity index (χ1n) is 7.66. The number of amides is 1. The molecule has 0 saturated carbocycles. The van der Waals surface area contributed by atoms with Crippen LogP contribution in [-0.4, -0.2) is 29.1 Å². The van der Waals surface area contributed by atoms with Gasteiger partial charge in [0, 0.05) is 0 Å². The molecular weight excluding hydrogens is 356 g/mol. The van der Waals surface area contributed by atoms with E-state index in [1.165, 1.54) is 36.6 Å². The number of nitrogens with one attached hydrogen (secondary N) is 1. The number of anilines is 1. The number of aromatic hydroxyl groups is 1. The molecule has 0 fully saturated rings. The number of thiazole rings is 1. The van der Waals surface area contributed by atoms with Crippen LogP contribution < -0.4 is 5.32 Å². The van der Waals surface area contributed by atoms with Gasteiger partial charge >= 0.3 is 5.97 Å². The number of ether oxygens (including phenoxy) is 1. The van der Waals surface area contributed by atoms with Crippen molar-refractivity contribution >= 4 is 28.9 Å². The van der Waals surface area contributed by atoms with E-state index in [9.17, 15) is 14.7 Å². The molecule has 2 heterocycles. The number of esters is 1. The summed E-state index contributed by atoms with van der Waals surface area (Å²) in [7, 11) is 1.21. The fourth-order valence-electron chi connectivity index (χ4n) is 2.36. The number of hydrogen-bond donors (Lipinski definition) is 2. The van der Waals surface area contributed by atoms with Crippen LogP contribution >= 0.6 is 11.3 Å². The number of carbonyl (C=O) groups excluding carboxylic acids is 2. The zero-order chi connectivity index (χ0) is 18.8. The summed E-state index contributed by atoms with van der Waals surface area (Å²) in [4.78, 5) is 29.0. The number of furan rings is 1. The zero-order valence-electron chi connectivity index (χ0n) is 14.3. The van der Waals surface area contributed by atoms with Crippen molar-refractivity contribution in [2.45, 2.75) is 13.8 Å². The van der Waals surface area contributed by atoms with Crippen molar-refractivity contribution in [3.8, 4) is 16.5 Å². The summed E-state index contributed by atoms with van der Waals surface area (Å²) in [5.41, 5.74) is 0.624. The van der Waals surface area contributed by atoms with Crippen molar-refractivity contribution in [2.24, 2.45) is 0 Å². The van der Waals surface area contributed by atoms with Crippen LogP contribution in [0.4, 0.5) is 5.69 Å². The highest BCUT2D eigenvalue weighted by Gasteiger charge is 2.21. The van der Waals surface area contributed by atoms with Gasteiger partial charge in [-0.25, -0.2) is 9.78 Å². The lowest BCUT2D eigenvalue weighted by atomic mass is 10.1. The summed E-state index contributed by atoms with van der Waals surface area (Å²) in [5, 5.41) is 13.4. The maximum absolute atomic E-state index is 12.6. The Morgan fingerprint density at radius 2 is 2.00 bits per heavy atom. The molecule has 0 aliphatic heterocycles. The van der Waals surface area contributed by atoms with E-state index in [2.05, 4.69) is 15.0 Å². The number of rotatable bonds is 4. The average Bonchev–Trinajstić information content (AvgIpc) is 3.21. The highest BCUT2D eigenvalue weighted by molar-refractivity contribution is 7.17. The monoisotopic (exact) mass is 372 g/mol. The van der Waals surface area contributed by atoms with E-state index >= 15 is 0 Å². The van der Waals surface area contributed by atoms with Crippen molar-refractivity contribution in [1.82, 2.24) is 4.98 Å². The van der Waals surface area contributed by atoms with Gasteiger partial charge in [0.2, 0.25) is 0 Å². The smallest absolute Gasteiger partial charge is 0.341 e. The van der Waals surface area contributed by atoms with E-state index in [0.717, 1.165) is 5.76 Å². The minimum absolute atomic E-state index is 0.0296. The predicted octanol–water partition coefficient (Wildman–Crippen LogP) is 3.76. The third-order valence-corrected chi connectivity index (χ3v) is 4.81. The molecule has 3 rings (SSSR count). The Morgan fingerprint density at radius 3 is 2.65 bits per heavy atom. The van der Waals surface area contributed by atoms with Crippen molar-refractivity contribution in [3.05, 3.63) is 52.2 Å². The first-order valence-corrected chi connectivity index (χ1v) is 8.48. The molecule has 0 unspecified atom stereocenters. The van der Waals surface area contributed by atoms with Gasteiger partial charge in [0.05, 0.1) is 18.5 Å². The summed E-state index contributed by atoms with van der Waals surface area (Å²) < 4.78 is 10.1. The van der Waals surface area contributed by atoms with Crippen molar-refractivity contribution in [3.63, 3.8) is 0 Å². The first-order chi connectivity index (χ1) is 12.4. The number of aromatic nitrogens is 1. The lowest BCUT2D eigenvalue weighted by Crippen LogP contribution is -2.12. The summed E-state index contributed by atoms with van der Waals surface area (Å²) in [6.45, 7) is 3.55. The molecule has 2 N–H and O–H groups in total. The van der Waals surface area contributed by atoms with Gasteiger partial charge in [0.25, 0.3) is 5.91 Å². The van der Waals surface area contributed by atoms with Crippen LogP contribution in [0.2, 0.25) is 0 Å². The molecule has 0 atom stereocenters. The number of phenolic OH excluding ortho intramolecular Hbond substituents is 1. The van der Waals surface area contributed by atoms with Crippen LogP contribution in [0, 0.1) is 13.8 Å².